The molecular formula is H2N4O2. The van der Waals surface area contributed by atoms with Gasteiger partial charge in [0.1, 0.15) is 5.22 Å². The lowest BCUT2D eigenvalue weighted by molar-refractivity contribution is -0.539. The molecule has 0 saturated carbocycles. The van der Waals surface area contributed by atoms with Crippen LogP contribution in [0.25, 0.3) is 0 Å². The summed E-state index contributed by atoms with van der Waals surface area (Å²) in [5.41, 5.74) is 0. The van der Waals surface area contributed by atoms with Crippen molar-refractivity contribution in [3.05, 3.63) is 10.1 Å². The molecule has 0 spiro atoms. The zero-order valence-corrected chi connectivity index (χ0v) is 2.74. The zero-order valence-electron chi connectivity index (χ0n) is 2.74. The molecule has 0 aromatic rings. The summed E-state index contributed by atoms with van der Waals surface area (Å²) >= 11 is 0. The number of nitrogens with two attached hydrogens (primary N) is 1. The quantitative estimate of drug-likeness (QED) is 0.155. The summed E-state index contributed by atoms with van der Waals surface area (Å²) in [6.45, 7) is 0. The van der Waals surface area contributed by atoms with Crippen LogP contribution in [0.4, 0.5) is 0 Å². The fraction of sp³-hybridized carbons (Fsp3) is 0. The molecule has 0 aliphatic rings. The molecule has 6 heavy (non-hydrogen) atoms. The molecule has 0 aliphatic carbocycles. The summed E-state index contributed by atoms with van der Waals surface area (Å²) in [4.78, 5) is 8.40. The van der Waals surface area contributed by atoms with Gasteiger partial charge in [0.05, 0.1) is 0 Å². The molecular weight excluding hydrogens is 88.0 g/mol. The van der Waals surface area contributed by atoms with Crippen molar-refractivity contribution in [1.82, 2.24) is 0 Å². The van der Waals surface area contributed by atoms with Crippen LogP contribution in [-0.2, 0) is 0 Å². The van der Waals surface area contributed by atoms with Gasteiger partial charge in [-0.15, -0.1) is 4.91 Å². The molecule has 0 amide bonds. The second kappa shape index (κ2) is 2.06. The van der Waals surface area contributed by atoms with Crippen molar-refractivity contribution in [3.63, 3.8) is 0 Å². The molecule has 2 N–H and O–H groups in total. The lowest BCUT2D eigenvalue weighted by Crippen LogP contribution is -1.91. The Morgan fingerprint density at radius 1 is 1.83 bits per heavy atom. The van der Waals surface area contributed by atoms with Crippen LogP contribution < -0.4 is 5.84 Å². The molecule has 6 heteroatoms. The molecule has 0 heterocycles. The Bertz CT molecular complexity index is 73.6. The molecule has 0 aromatic carbocycles. The normalized spacial score (nSPS) is 11.0. The van der Waals surface area contributed by atoms with Crippen LogP contribution in [0.1, 0.15) is 0 Å². The Morgan fingerprint density at radius 3 is 2.33 bits per heavy atom. The van der Waals surface area contributed by atoms with Gasteiger partial charge in [0.15, 0.2) is 5.29 Å². The molecule has 0 aromatic heterocycles. The number of hydrogen-bond donors (Lipinski definition) is 1. The predicted octanol–water partition coefficient (Wildman–Crippen LogP) is -0.496. The fourth-order valence-corrected chi connectivity index (χ4v) is 0.0211. The Balaban J connectivity index is 3.50. The van der Waals surface area contributed by atoms with E-state index in [0.717, 1.165) is 0 Å². The lowest BCUT2D eigenvalue weighted by atomic mass is 12.5. The Kier molecular flexibility index (Phi) is 1.65. The number of hydrogen-bond acceptors (Lipinski definition) is 3. The molecule has 0 unspecified atom stereocenters. The Labute approximate surface area is 32.8 Å². The summed E-state index contributed by atoms with van der Waals surface area (Å²) in [5.74, 6) is 4.23. The molecule has 0 aliphatic heterocycles. The van der Waals surface area contributed by atoms with Crippen LogP contribution >= 0.6 is 0 Å². The Morgan fingerprint density at radius 2 is 2.33 bits per heavy atom. The Hall–Kier alpha value is -1.20. The number of nitrogens with zero attached hydrogens (tertiary/aromatic N) is 3. The first-order chi connectivity index (χ1) is 2.81. The van der Waals surface area contributed by atoms with Gasteiger partial charge in [-0.1, -0.05) is 0 Å². The highest BCUT2D eigenvalue weighted by atomic mass is 16.6. The van der Waals surface area contributed by atoms with Crippen molar-refractivity contribution in [2.24, 2.45) is 16.4 Å². The van der Waals surface area contributed by atoms with Crippen molar-refractivity contribution in [2.45, 2.75) is 0 Å². The van der Waals surface area contributed by atoms with Gasteiger partial charge in [0, 0.05) is 4.97 Å². The molecule has 0 fully saturated rings. The second-order valence-electron chi connectivity index (χ2n) is 0.450. The van der Waals surface area contributed by atoms with E-state index in [1.165, 1.54) is 0 Å². The van der Waals surface area contributed by atoms with Crippen molar-refractivity contribution in [1.29, 1.82) is 0 Å². The number of nitroso groups, excluding NO2 is 1. The van der Waals surface area contributed by atoms with Gasteiger partial charge in [-0.05, 0) is 0 Å². The molecule has 0 bridgehead atoms. The minimum absolute atomic E-state index is 0.528. The third kappa shape index (κ3) is 1.16. The zero-order chi connectivity index (χ0) is 4.99. The van der Waals surface area contributed by atoms with E-state index in [1.807, 2.05) is 0 Å². The summed E-state index contributed by atoms with van der Waals surface area (Å²) in [6, 6.07) is 0. The second-order valence-corrected chi connectivity index (χ2v) is 0.450. The molecule has 0 atom stereocenters. The van der Waals surface area contributed by atoms with Gasteiger partial charge in [-0.3, -0.25) is 0 Å². The van der Waals surface area contributed by atoms with Gasteiger partial charge in [-0.25, -0.2) is 0 Å². The van der Waals surface area contributed by atoms with E-state index in [4.69, 9.17) is 4.91 Å². The van der Waals surface area contributed by atoms with Crippen molar-refractivity contribution in [3.8, 4) is 0 Å². The van der Waals surface area contributed by atoms with E-state index in [1.54, 1.807) is 5.29 Å². The van der Waals surface area contributed by atoms with Crippen LogP contribution in [0.5, 0.6) is 0 Å². The van der Waals surface area contributed by atoms with Crippen molar-refractivity contribution in [2.75, 3.05) is 0 Å². The maximum Gasteiger partial charge on any atom is 0.178 e. The van der Waals surface area contributed by atoms with E-state index in [9.17, 15) is 5.21 Å². The number of rotatable bonds is 1. The highest BCUT2D eigenvalue weighted by Gasteiger charge is 1.71. The van der Waals surface area contributed by atoms with Crippen LogP contribution in [0.3, 0.4) is 0 Å². The van der Waals surface area contributed by atoms with Gasteiger partial charge in [-0.2, -0.15) is 5.84 Å². The topological polar surface area (TPSA) is 93.9 Å². The maximum absolute atomic E-state index is 9.33. The summed E-state index contributed by atoms with van der Waals surface area (Å²) in [7, 11) is 0. The maximum atomic E-state index is 9.33. The monoisotopic (exact) mass is 90.0 g/mol. The fourth-order valence-electron chi connectivity index (χ4n) is 0.0211. The standard InChI is InChI=1S/H2N4O2/c1-2-4(6)3-5/h1H2/b4-2-. The van der Waals surface area contributed by atoms with Gasteiger partial charge >= 0.3 is 0 Å². The van der Waals surface area contributed by atoms with E-state index in [-0.39, 0.29) is 0 Å². The van der Waals surface area contributed by atoms with Gasteiger partial charge < -0.3 is 5.21 Å². The molecule has 6 nitrogen and oxygen atoms in total. The third-order valence-electron chi connectivity index (χ3n) is 0.169. The first-order valence-corrected chi connectivity index (χ1v) is 1.02. The minimum Gasteiger partial charge on any atom is -0.668 e. The van der Waals surface area contributed by atoms with E-state index in [0.29, 0.717) is 0 Å². The third-order valence-corrected chi connectivity index (χ3v) is 0.169. The van der Waals surface area contributed by atoms with Crippen LogP contribution in [0.2, 0.25) is 0 Å². The largest absolute Gasteiger partial charge is 0.668 e. The van der Waals surface area contributed by atoms with Crippen molar-refractivity contribution < 1.29 is 4.97 Å². The average molecular weight is 90.0 g/mol. The summed E-state index contributed by atoms with van der Waals surface area (Å²) < 4.78 is 0. The predicted molar refractivity (Wildman–Crippen MR) is 16.0 cm³/mol. The first kappa shape index (κ1) is 4.80. The molecule has 0 saturated heterocycles. The lowest BCUT2D eigenvalue weighted by Gasteiger charge is -1.82. The molecule has 0 radical (unpaired) electrons. The smallest absolute Gasteiger partial charge is 0.178 e. The SMILES string of the molecule is N/N=[N+](\[O-])N=O. The van der Waals surface area contributed by atoms with Crippen LogP contribution in [0, 0.1) is 10.1 Å². The van der Waals surface area contributed by atoms with E-state index >= 15 is 0 Å². The average Bonchev–Trinajstić information content (AvgIpc) is 1.65. The van der Waals surface area contributed by atoms with Crippen molar-refractivity contribution >= 4 is 0 Å². The molecule has 34 valence electrons. The summed E-state index contributed by atoms with van der Waals surface area (Å²) in [5, 5.41) is 13.4. The van der Waals surface area contributed by atoms with Gasteiger partial charge in [0.2, 0.25) is 0 Å². The molecule has 0 rings (SSSR count). The van der Waals surface area contributed by atoms with E-state index < -0.39 is 4.97 Å². The summed E-state index contributed by atoms with van der Waals surface area (Å²) in [6.07, 6.45) is 0. The highest BCUT2D eigenvalue weighted by molar-refractivity contribution is 3.96. The minimum atomic E-state index is -0.528. The van der Waals surface area contributed by atoms with Gasteiger partial charge in [0.25, 0.3) is 0 Å². The first-order valence-electron chi connectivity index (χ1n) is 1.02. The van der Waals surface area contributed by atoms with E-state index in [2.05, 4.69) is 11.1 Å². The van der Waals surface area contributed by atoms with Crippen LogP contribution in [0.15, 0.2) is 10.5 Å². The highest BCUT2D eigenvalue weighted by Crippen LogP contribution is 1.63. The van der Waals surface area contributed by atoms with Crippen LogP contribution in [-0.4, -0.2) is 4.97 Å².